The summed E-state index contributed by atoms with van der Waals surface area (Å²) in [6.45, 7) is 0. The first kappa shape index (κ1) is 8.23. The van der Waals surface area contributed by atoms with E-state index in [0.717, 1.165) is 0 Å². The molecule has 0 spiro atoms. The van der Waals surface area contributed by atoms with Gasteiger partial charge in [0.25, 0.3) is 5.56 Å². The number of fused-ring (bicyclic) bond motifs is 3. The standard InChI is InChI=1S/C11H6FNO2/c12-9-3-1-2-6-7-4-15-5-8(7)11(14)13-10(6)9/h1-5H,(H,13,14). The topological polar surface area (TPSA) is 46.0 Å². The van der Waals surface area contributed by atoms with Gasteiger partial charge in [0, 0.05) is 10.8 Å². The largest absolute Gasteiger partial charge is 0.471 e. The van der Waals surface area contributed by atoms with Crippen LogP contribution in [0, 0.1) is 5.82 Å². The number of benzene rings is 1. The fraction of sp³-hybridized carbons (Fsp3) is 0. The number of aromatic nitrogens is 1. The predicted octanol–water partition coefficient (Wildman–Crippen LogP) is 2.41. The second-order valence-electron chi connectivity index (χ2n) is 3.32. The van der Waals surface area contributed by atoms with E-state index in [4.69, 9.17) is 4.42 Å². The zero-order valence-corrected chi connectivity index (χ0v) is 7.58. The lowest BCUT2D eigenvalue weighted by atomic mass is 10.1. The van der Waals surface area contributed by atoms with Crippen LogP contribution in [0.25, 0.3) is 21.7 Å². The molecule has 0 unspecified atom stereocenters. The molecule has 74 valence electrons. The lowest BCUT2D eigenvalue weighted by Gasteiger charge is -1.99. The molecule has 3 nitrogen and oxygen atoms in total. The predicted molar refractivity (Wildman–Crippen MR) is 54.3 cm³/mol. The van der Waals surface area contributed by atoms with Crippen LogP contribution in [-0.4, -0.2) is 4.98 Å². The molecule has 2 heterocycles. The highest BCUT2D eigenvalue weighted by Gasteiger charge is 2.09. The zero-order valence-electron chi connectivity index (χ0n) is 7.58. The molecule has 15 heavy (non-hydrogen) atoms. The third-order valence-corrected chi connectivity index (χ3v) is 2.45. The minimum absolute atomic E-state index is 0.219. The molecule has 0 bridgehead atoms. The summed E-state index contributed by atoms with van der Waals surface area (Å²) in [5.41, 5.74) is -0.118. The van der Waals surface area contributed by atoms with E-state index in [1.807, 2.05) is 0 Å². The van der Waals surface area contributed by atoms with Crippen LogP contribution in [0.5, 0.6) is 0 Å². The van der Waals surface area contributed by atoms with Crippen LogP contribution in [0.2, 0.25) is 0 Å². The van der Waals surface area contributed by atoms with Crippen LogP contribution in [0.15, 0.2) is 39.9 Å². The Labute approximate surface area is 83.1 Å². The summed E-state index contributed by atoms with van der Waals surface area (Å²) in [4.78, 5) is 14.0. The maximum atomic E-state index is 13.4. The quantitative estimate of drug-likeness (QED) is 0.609. The van der Waals surface area contributed by atoms with Gasteiger partial charge in [-0.1, -0.05) is 12.1 Å². The Morgan fingerprint density at radius 2 is 1.93 bits per heavy atom. The molecule has 3 rings (SSSR count). The highest BCUT2D eigenvalue weighted by Crippen LogP contribution is 2.23. The normalized spacial score (nSPS) is 11.3. The Morgan fingerprint density at radius 3 is 2.80 bits per heavy atom. The number of rotatable bonds is 0. The molecule has 4 heteroatoms. The SMILES string of the molecule is O=c1[nH]c2c(F)cccc2c2cocc12. The molecule has 1 aromatic carbocycles. The molecule has 0 amide bonds. The van der Waals surface area contributed by atoms with E-state index < -0.39 is 5.82 Å². The van der Waals surface area contributed by atoms with Crippen molar-refractivity contribution in [1.82, 2.24) is 4.98 Å². The highest BCUT2D eigenvalue weighted by molar-refractivity contribution is 6.04. The average molecular weight is 203 g/mol. The molecule has 0 saturated heterocycles. The summed E-state index contributed by atoms with van der Waals surface area (Å²) < 4.78 is 18.4. The van der Waals surface area contributed by atoms with E-state index in [0.29, 0.717) is 16.2 Å². The lowest BCUT2D eigenvalue weighted by Crippen LogP contribution is -2.05. The third kappa shape index (κ3) is 1.01. The molecule has 0 fully saturated rings. The monoisotopic (exact) mass is 203 g/mol. The summed E-state index contributed by atoms with van der Waals surface area (Å²) in [6, 6.07) is 4.65. The molecule has 3 aromatic rings. The number of aromatic amines is 1. The summed E-state index contributed by atoms with van der Waals surface area (Å²) in [7, 11) is 0. The number of nitrogens with one attached hydrogen (secondary N) is 1. The van der Waals surface area contributed by atoms with Gasteiger partial charge in [-0.05, 0) is 6.07 Å². The number of pyridine rings is 1. The molecule has 0 aliphatic rings. The van der Waals surface area contributed by atoms with Crippen molar-refractivity contribution >= 4 is 21.7 Å². The van der Waals surface area contributed by atoms with Crippen LogP contribution >= 0.6 is 0 Å². The first-order valence-electron chi connectivity index (χ1n) is 4.44. The van der Waals surface area contributed by atoms with Crippen LogP contribution in [0.1, 0.15) is 0 Å². The average Bonchev–Trinajstić information content (AvgIpc) is 2.69. The van der Waals surface area contributed by atoms with E-state index in [2.05, 4.69) is 4.98 Å². The van der Waals surface area contributed by atoms with Crippen LogP contribution < -0.4 is 5.56 Å². The number of furan rings is 1. The van der Waals surface area contributed by atoms with Gasteiger partial charge in [0.2, 0.25) is 0 Å². The van der Waals surface area contributed by atoms with Crippen LogP contribution in [0.3, 0.4) is 0 Å². The van der Waals surface area contributed by atoms with Gasteiger partial charge in [0.15, 0.2) is 0 Å². The van der Waals surface area contributed by atoms with E-state index in [1.54, 1.807) is 12.1 Å². The maximum absolute atomic E-state index is 13.4. The minimum atomic E-state index is -0.437. The summed E-state index contributed by atoms with van der Waals surface area (Å²) in [6.07, 6.45) is 2.81. The molecule has 1 N–H and O–H groups in total. The summed E-state index contributed by atoms with van der Waals surface area (Å²) in [5.74, 6) is -0.437. The van der Waals surface area contributed by atoms with Gasteiger partial charge < -0.3 is 9.40 Å². The Balaban J connectivity index is 2.72. The van der Waals surface area contributed by atoms with Crippen molar-refractivity contribution in [3.05, 3.63) is 46.9 Å². The Bertz CT molecular complexity index is 711. The first-order valence-corrected chi connectivity index (χ1v) is 4.44. The number of para-hydroxylation sites is 1. The summed E-state index contributed by atoms with van der Waals surface area (Å²) in [5, 5.41) is 1.72. The molecule has 0 radical (unpaired) electrons. The Hall–Kier alpha value is -2.10. The number of hydrogen-bond donors (Lipinski definition) is 1. The first-order chi connectivity index (χ1) is 7.27. The molecule has 2 aromatic heterocycles. The van der Waals surface area contributed by atoms with Gasteiger partial charge in [-0.15, -0.1) is 0 Å². The van der Waals surface area contributed by atoms with Crippen molar-refractivity contribution in [3.63, 3.8) is 0 Å². The van der Waals surface area contributed by atoms with Gasteiger partial charge in [-0.2, -0.15) is 0 Å². The van der Waals surface area contributed by atoms with Gasteiger partial charge >= 0.3 is 0 Å². The van der Waals surface area contributed by atoms with Crippen molar-refractivity contribution in [3.8, 4) is 0 Å². The number of H-pyrrole nitrogens is 1. The smallest absolute Gasteiger partial charge is 0.259 e. The van der Waals surface area contributed by atoms with E-state index >= 15 is 0 Å². The van der Waals surface area contributed by atoms with Crippen molar-refractivity contribution in [1.29, 1.82) is 0 Å². The highest BCUT2D eigenvalue weighted by atomic mass is 19.1. The molecular formula is C11H6FNO2. The van der Waals surface area contributed by atoms with Gasteiger partial charge in [-0.3, -0.25) is 4.79 Å². The van der Waals surface area contributed by atoms with Crippen molar-refractivity contribution < 1.29 is 8.81 Å². The molecule has 0 aliphatic carbocycles. The van der Waals surface area contributed by atoms with E-state index in [1.165, 1.54) is 18.6 Å². The van der Waals surface area contributed by atoms with Crippen molar-refractivity contribution in [2.24, 2.45) is 0 Å². The number of hydrogen-bond acceptors (Lipinski definition) is 2. The second kappa shape index (κ2) is 2.70. The maximum Gasteiger partial charge on any atom is 0.259 e. The second-order valence-corrected chi connectivity index (χ2v) is 3.32. The van der Waals surface area contributed by atoms with E-state index in [-0.39, 0.29) is 11.1 Å². The summed E-state index contributed by atoms with van der Waals surface area (Å²) >= 11 is 0. The zero-order chi connectivity index (χ0) is 10.4. The van der Waals surface area contributed by atoms with Gasteiger partial charge in [0.05, 0.1) is 17.2 Å². The number of halogens is 1. The molecule has 0 atom stereocenters. The molecule has 0 saturated carbocycles. The molecule has 0 aliphatic heterocycles. The fourth-order valence-electron chi connectivity index (χ4n) is 1.74. The van der Waals surface area contributed by atoms with Gasteiger partial charge in [0.1, 0.15) is 12.1 Å². The van der Waals surface area contributed by atoms with Crippen LogP contribution in [0.4, 0.5) is 4.39 Å². The third-order valence-electron chi connectivity index (χ3n) is 2.45. The van der Waals surface area contributed by atoms with Crippen LogP contribution in [-0.2, 0) is 0 Å². The van der Waals surface area contributed by atoms with Gasteiger partial charge in [-0.25, -0.2) is 4.39 Å². The Morgan fingerprint density at radius 1 is 1.13 bits per heavy atom. The Kier molecular flexibility index (Phi) is 1.48. The van der Waals surface area contributed by atoms with Crippen molar-refractivity contribution in [2.45, 2.75) is 0 Å². The fourth-order valence-corrected chi connectivity index (χ4v) is 1.74. The molecular weight excluding hydrogens is 197 g/mol. The van der Waals surface area contributed by atoms with Crippen molar-refractivity contribution in [2.75, 3.05) is 0 Å². The lowest BCUT2D eigenvalue weighted by molar-refractivity contribution is 0.572. The van der Waals surface area contributed by atoms with E-state index in [9.17, 15) is 9.18 Å². The minimum Gasteiger partial charge on any atom is -0.471 e.